The number of rotatable bonds is 5. The first-order chi connectivity index (χ1) is 10.1. The summed E-state index contributed by atoms with van der Waals surface area (Å²) < 4.78 is 13.6. The molecular formula is C17H19FN2O. The van der Waals surface area contributed by atoms with Gasteiger partial charge in [0, 0.05) is 13.6 Å². The number of hydrogen-bond donors (Lipinski definition) is 2. The quantitative estimate of drug-likeness (QED) is 0.886. The molecule has 0 saturated heterocycles. The molecule has 3 nitrogen and oxygen atoms in total. The molecule has 0 aliphatic rings. The molecule has 0 fully saturated rings. The third-order valence-corrected chi connectivity index (χ3v) is 3.45. The van der Waals surface area contributed by atoms with Crippen LogP contribution < -0.4 is 10.6 Å². The average Bonchev–Trinajstić information content (AvgIpc) is 2.48. The van der Waals surface area contributed by atoms with E-state index >= 15 is 0 Å². The largest absolute Gasteiger partial charge is 0.385 e. The van der Waals surface area contributed by atoms with Gasteiger partial charge in [-0.3, -0.25) is 4.79 Å². The molecule has 0 aliphatic carbocycles. The first-order valence-corrected chi connectivity index (χ1v) is 6.92. The van der Waals surface area contributed by atoms with Crippen LogP contribution in [0.5, 0.6) is 0 Å². The maximum Gasteiger partial charge on any atom is 0.253 e. The maximum absolute atomic E-state index is 13.6. The summed E-state index contributed by atoms with van der Waals surface area (Å²) in [5.41, 5.74) is 2.95. The highest BCUT2D eigenvalue weighted by molar-refractivity contribution is 5.99. The van der Waals surface area contributed by atoms with Gasteiger partial charge in [-0.1, -0.05) is 30.3 Å². The fraction of sp³-hybridized carbons (Fsp3) is 0.235. The summed E-state index contributed by atoms with van der Waals surface area (Å²) in [6.45, 7) is 2.56. The lowest BCUT2D eigenvalue weighted by atomic mass is 10.1. The third kappa shape index (κ3) is 3.60. The summed E-state index contributed by atoms with van der Waals surface area (Å²) in [5, 5.41) is 5.56. The highest BCUT2D eigenvalue weighted by Gasteiger charge is 2.13. The number of anilines is 1. The number of aryl methyl sites for hydroxylation is 1. The second kappa shape index (κ2) is 6.88. The van der Waals surface area contributed by atoms with Crippen molar-refractivity contribution in [3.63, 3.8) is 0 Å². The van der Waals surface area contributed by atoms with Gasteiger partial charge in [0.25, 0.3) is 5.91 Å². The van der Waals surface area contributed by atoms with Gasteiger partial charge in [-0.15, -0.1) is 0 Å². The van der Waals surface area contributed by atoms with Gasteiger partial charge in [0.1, 0.15) is 5.82 Å². The lowest BCUT2D eigenvalue weighted by Gasteiger charge is -2.11. The fourth-order valence-electron chi connectivity index (χ4n) is 2.26. The van der Waals surface area contributed by atoms with Gasteiger partial charge >= 0.3 is 0 Å². The van der Waals surface area contributed by atoms with Crippen LogP contribution >= 0.6 is 0 Å². The number of carbonyl (C=O) groups excluding carboxylic acids is 1. The summed E-state index contributed by atoms with van der Waals surface area (Å²) in [6, 6.07) is 12.5. The third-order valence-electron chi connectivity index (χ3n) is 3.45. The van der Waals surface area contributed by atoms with E-state index in [2.05, 4.69) is 10.6 Å². The Bertz CT molecular complexity index is 640. The SMILES string of the molecule is CNc1c(F)cccc1C(=O)NCCc1ccccc1C. The van der Waals surface area contributed by atoms with Gasteiger partial charge in [0.2, 0.25) is 0 Å². The first kappa shape index (κ1) is 15.0. The van der Waals surface area contributed by atoms with E-state index in [0.717, 1.165) is 6.42 Å². The maximum atomic E-state index is 13.6. The van der Waals surface area contributed by atoms with Crippen LogP contribution in [0.2, 0.25) is 0 Å². The molecule has 0 radical (unpaired) electrons. The Morgan fingerprint density at radius 1 is 1.14 bits per heavy atom. The number of nitrogens with one attached hydrogen (secondary N) is 2. The van der Waals surface area contributed by atoms with E-state index in [0.29, 0.717) is 12.1 Å². The number of amides is 1. The van der Waals surface area contributed by atoms with Crippen LogP contribution in [0, 0.1) is 12.7 Å². The molecule has 2 N–H and O–H groups in total. The first-order valence-electron chi connectivity index (χ1n) is 6.92. The van der Waals surface area contributed by atoms with Crippen LogP contribution in [-0.2, 0) is 6.42 Å². The predicted molar refractivity (Wildman–Crippen MR) is 83.2 cm³/mol. The van der Waals surface area contributed by atoms with Crippen molar-refractivity contribution in [3.05, 3.63) is 65.0 Å². The minimum atomic E-state index is -0.427. The summed E-state index contributed by atoms with van der Waals surface area (Å²) in [6.07, 6.45) is 0.753. The number of benzene rings is 2. The number of halogens is 1. The number of carbonyl (C=O) groups is 1. The Balaban J connectivity index is 2.00. The van der Waals surface area contributed by atoms with Crippen molar-refractivity contribution in [1.29, 1.82) is 0 Å². The topological polar surface area (TPSA) is 41.1 Å². The average molecular weight is 286 g/mol. The monoisotopic (exact) mass is 286 g/mol. The molecule has 2 aromatic rings. The molecule has 2 aromatic carbocycles. The van der Waals surface area contributed by atoms with Gasteiger partial charge in [0.15, 0.2) is 0 Å². The molecule has 0 atom stereocenters. The van der Waals surface area contributed by atoms with Crippen LogP contribution in [-0.4, -0.2) is 19.5 Å². The Labute approximate surface area is 124 Å². The summed E-state index contributed by atoms with van der Waals surface area (Å²) in [4.78, 5) is 12.1. The van der Waals surface area contributed by atoms with Gasteiger partial charge in [-0.25, -0.2) is 4.39 Å². The molecule has 0 heterocycles. The summed E-state index contributed by atoms with van der Waals surface area (Å²) in [5.74, 6) is -0.698. The van der Waals surface area contributed by atoms with Crippen molar-refractivity contribution in [2.24, 2.45) is 0 Å². The van der Waals surface area contributed by atoms with Gasteiger partial charge < -0.3 is 10.6 Å². The standard InChI is InChI=1S/C17H19FN2O/c1-12-6-3-4-7-13(12)10-11-20-17(21)14-8-5-9-15(18)16(14)19-2/h3-9,19H,10-11H2,1-2H3,(H,20,21). The Morgan fingerprint density at radius 2 is 1.90 bits per heavy atom. The highest BCUT2D eigenvalue weighted by atomic mass is 19.1. The zero-order valence-corrected chi connectivity index (χ0v) is 12.2. The predicted octanol–water partition coefficient (Wildman–Crippen LogP) is 3.15. The van der Waals surface area contributed by atoms with E-state index in [1.165, 1.54) is 23.3 Å². The molecule has 1 amide bonds. The minimum Gasteiger partial charge on any atom is -0.385 e. The van der Waals surface area contributed by atoms with E-state index in [9.17, 15) is 9.18 Å². The van der Waals surface area contributed by atoms with Crippen LogP contribution in [0.3, 0.4) is 0 Å². The smallest absolute Gasteiger partial charge is 0.253 e. The van der Waals surface area contributed by atoms with Gasteiger partial charge in [-0.2, -0.15) is 0 Å². The van der Waals surface area contributed by atoms with Crippen LogP contribution in [0.25, 0.3) is 0 Å². The Hall–Kier alpha value is -2.36. The number of para-hydroxylation sites is 1. The normalized spacial score (nSPS) is 10.2. The molecule has 0 bridgehead atoms. The molecule has 0 aliphatic heterocycles. The molecule has 0 unspecified atom stereocenters. The van der Waals surface area contributed by atoms with E-state index in [4.69, 9.17) is 0 Å². The molecule has 21 heavy (non-hydrogen) atoms. The summed E-state index contributed by atoms with van der Waals surface area (Å²) in [7, 11) is 1.60. The van der Waals surface area contributed by atoms with Crippen molar-refractivity contribution in [1.82, 2.24) is 5.32 Å². The zero-order chi connectivity index (χ0) is 15.2. The van der Waals surface area contributed by atoms with E-state index in [-0.39, 0.29) is 11.6 Å². The van der Waals surface area contributed by atoms with Crippen LogP contribution in [0.15, 0.2) is 42.5 Å². The molecular weight excluding hydrogens is 267 g/mol. The van der Waals surface area contributed by atoms with Crippen LogP contribution in [0.1, 0.15) is 21.5 Å². The molecule has 0 spiro atoms. The van der Waals surface area contributed by atoms with Crippen molar-refractivity contribution >= 4 is 11.6 Å². The van der Waals surface area contributed by atoms with Crippen molar-refractivity contribution in [2.75, 3.05) is 18.9 Å². The number of hydrogen-bond acceptors (Lipinski definition) is 2. The van der Waals surface area contributed by atoms with E-state index < -0.39 is 5.82 Å². The molecule has 4 heteroatoms. The van der Waals surface area contributed by atoms with Gasteiger partial charge in [0.05, 0.1) is 11.3 Å². The molecule has 0 saturated carbocycles. The van der Waals surface area contributed by atoms with Crippen molar-refractivity contribution in [3.8, 4) is 0 Å². The second-order valence-electron chi connectivity index (χ2n) is 4.84. The molecule has 2 rings (SSSR count). The Kier molecular flexibility index (Phi) is 4.93. The van der Waals surface area contributed by atoms with Crippen LogP contribution in [0.4, 0.5) is 10.1 Å². The lowest BCUT2D eigenvalue weighted by molar-refractivity contribution is 0.0954. The Morgan fingerprint density at radius 3 is 2.62 bits per heavy atom. The summed E-state index contributed by atoms with van der Waals surface area (Å²) >= 11 is 0. The van der Waals surface area contributed by atoms with Crippen molar-refractivity contribution in [2.45, 2.75) is 13.3 Å². The van der Waals surface area contributed by atoms with E-state index in [1.807, 2.05) is 31.2 Å². The molecule has 110 valence electrons. The zero-order valence-electron chi connectivity index (χ0n) is 12.2. The molecule has 0 aromatic heterocycles. The van der Waals surface area contributed by atoms with Gasteiger partial charge in [-0.05, 0) is 36.6 Å². The van der Waals surface area contributed by atoms with Crippen molar-refractivity contribution < 1.29 is 9.18 Å². The fourth-order valence-corrected chi connectivity index (χ4v) is 2.26. The lowest BCUT2D eigenvalue weighted by Crippen LogP contribution is -2.26. The minimum absolute atomic E-state index is 0.228. The highest BCUT2D eigenvalue weighted by Crippen LogP contribution is 2.19. The second-order valence-corrected chi connectivity index (χ2v) is 4.84. The van der Waals surface area contributed by atoms with E-state index in [1.54, 1.807) is 13.1 Å².